The van der Waals surface area contributed by atoms with Crippen LogP contribution in [0.3, 0.4) is 0 Å². The highest BCUT2D eigenvalue weighted by molar-refractivity contribution is 7.92. The fraction of sp³-hybridized carbons (Fsp3) is 0.174. The van der Waals surface area contributed by atoms with E-state index in [1.165, 1.54) is 42.7 Å². The zero-order chi connectivity index (χ0) is 22.9. The van der Waals surface area contributed by atoms with E-state index in [0.717, 1.165) is 5.56 Å². The summed E-state index contributed by atoms with van der Waals surface area (Å²) in [5, 5.41) is 0.318. The number of nitrogens with zero attached hydrogens (tertiary/aromatic N) is 2. The third-order valence-electron chi connectivity index (χ3n) is 5.05. The van der Waals surface area contributed by atoms with E-state index in [9.17, 15) is 13.2 Å². The second kappa shape index (κ2) is 8.72. The van der Waals surface area contributed by atoms with Crippen LogP contribution in [0.15, 0.2) is 76.9 Å². The number of anilines is 1. The van der Waals surface area contributed by atoms with Crippen LogP contribution in [0, 0.1) is 0 Å². The first-order valence-electron chi connectivity index (χ1n) is 9.83. The van der Waals surface area contributed by atoms with Crippen molar-refractivity contribution < 1.29 is 17.9 Å². The summed E-state index contributed by atoms with van der Waals surface area (Å²) in [5.74, 6) is 0.237. The molecule has 1 N–H and O–H groups in total. The van der Waals surface area contributed by atoms with Crippen LogP contribution in [-0.2, 0) is 14.8 Å². The number of aromatic nitrogens is 1. The molecule has 164 valence electrons. The first-order valence-corrected chi connectivity index (χ1v) is 11.7. The van der Waals surface area contributed by atoms with Crippen molar-refractivity contribution in [2.75, 3.05) is 4.72 Å². The Hall–Kier alpha value is -3.23. The van der Waals surface area contributed by atoms with Crippen LogP contribution in [0.4, 0.5) is 5.69 Å². The van der Waals surface area contributed by atoms with E-state index < -0.39 is 10.0 Å². The quantitative estimate of drug-likeness (QED) is 0.530. The Kier molecular flexibility index (Phi) is 5.99. The molecule has 2 atom stereocenters. The summed E-state index contributed by atoms with van der Waals surface area (Å²) in [5.41, 5.74) is 1.48. The Bertz CT molecular complexity index is 1290. The molecule has 0 aliphatic carbocycles. The van der Waals surface area contributed by atoms with Gasteiger partial charge in [0.25, 0.3) is 10.0 Å². The van der Waals surface area contributed by atoms with E-state index in [4.69, 9.17) is 16.3 Å². The van der Waals surface area contributed by atoms with Crippen LogP contribution in [0.2, 0.25) is 5.02 Å². The SMILES string of the molecule is CC1=NC(C)C(c2ccc(S(=O)(=O)Nc3ccc(Cl)cc3C(=O)c3ccncc3)cc2)O1. The Labute approximate surface area is 191 Å². The molecule has 32 heavy (non-hydrogen) atoms. The maximum absolute atomic E-state index is 13.0. The largest absolute Gasteiger partial charge is 0.471 e. The van der Waals surface area contributed by atoms with Gasteiger partial charge < -0.3 is 4.74 Å². The Morgan fingerprint density at radius 2 is 1.75 bits per heavy atom. The second-order valence-electron chi connectivity index (χ2n) is 7.36. The molecule has 4 rings (SSSR count). The minimum atomic E-state index is -3.96. The zero-order valence-electron chi connectivity index (χ0n) is 17.3. The molecular weight excluding hydrogens is 450 g/mol. The number of pyridine rings is 1. The Morgan fingerprint density at radius 3 is 2.38 bits per heavy atom. The summed E-state index contributed by atoms with van der Waals surface area (Å²) < 4.78 is 34.3. The molecule has 2 heterocycles. The van der Waals surface area contributed by atoms with Crippen molar-refractivity contribution in [1.82, 2.24) is 4.98 Å². The molecule has 0 radical (unpaired) electrons. The molecule has 9 heteroatoms. The lowest BCUT2D eigenvalue weighted by molar-refractivity contribution is 0.103. The standard InChI is InChI=1S/C23H20ClN3O4S/c1-14-23(31-15(2)26-14)17-3-6-19(7-4-17)32(29,30)27-21-8-5-18(24)13-20(21)22(28)16-9-11-25-12-10-16/h3-14,23,27H,1-2H3. The van der Waals surface area contributed by atoms with Gasteiger partial charge in [-0.3, -0.25) is 14.5 Å². The molecule has 3 aromatic rings. The van der Waals surface area contributed by atoms with Crippen molar-refractivity contribution in [2.24, 2.45) is 4.99 Å². The summed E-state index contributed by atoms with van der Waals surface area (Å²) >= 11 is 6.08. The lowest BCUT2D eigenvalue weighted by Crippen LogP contribution is -2.16. The van der Waals surface area contributed by atoms with Gasteiger partial charge in [-0.2, -0.15) is 0 Å². The van der Waals surface area contributed by atoms with Crippen molar-refractivity contribution in [3.05, 3.63) is 88.7 Å². The number of carbonyl (C=O) groups is 1. The summed E-state index contributed by atoms with van der Waals surface area (Å²) in [6.07, 6.45) is 2.73. The third kappa shape index (κ3) is 4.51. The number of rotatable bonds is 6. The number of aliphatic imine (C=N–C) groups is 1. The predicted molar refractivity (Wildman–Crippen MR) is 123 cm³/mol. The number of halogens is 1. The number of ketones is 1. The number of ether oxygens (including phenoxy) is 1. The fourth-order valence-electron chi connectivity index (χ4n) is 3.51. The van der Waals surface area contributed by atoms with Gasteiger partial charge >= 0.3 is 0 Å². The topological polar surface area (TPSA) is 97.7 Å². The van der Waals surface area contributed by atoms with Gasteiger partial charge in [0, 0.05) is 35.5 Å². The lowest BCUT2D eigenvalue weighted by atomic mass is 10.0. The first-order chi connectivity index (χ1) is 15.2. The van der Waals surface area contributed by atoms with Gasteiger partial charge in [0.05, 0.1) is 16.6 Å². The van der Waals surface area contributed by atoms with E-state index in [-0.39, 0.29) is 34.1 Å². The predicted octanol–water partition coefficient (Wildman–Crippen LogP) is 4.65. The number of carbonyl (C=O) groups excluding carboxylic acids is 1. The van der Waals surface area contributed by atoms with Crippen molar-refractivity contribution in [2.45, 2.75) is 30.9 Å². The lowest BCUT2D eigenvalue weighted by Gasteiger charge is -2.16. The van der Waals surface area contributed by atoms with Crippen LogP contribution in [0.1, 0.15) is 41.4 Å². The number of hydrogen-bond donors (Lipinski definition) is 1. The molecule has 7 nitrogen and oxygen atoms in total. The minimum absolute atomic E-state index is 0.0496. The van der Waals surface area contributed by atoms with E-state index in [1.54, 1.807) is 31.2 Å². The third-order valence-corrected chi connectivity index (χ3v) is 6.67. The van der Waals surface area contributed by atoms with Crippen molar-refractivity contribution in [3.8, 4) is 0 Å². The van der Waals surface area contributed by atoms with Crippen LogP contribution in [0.5, 0.6) is 0 Å². The molecule has 2 aromatic carbocycles. The molecule has 0 saturated heterocycles. The second-order valence-corrected chi connectivity index (χ2v) is 9.48. The van der Waals surface area contributed by atoms with Crippen LogP contribution in [0.25, 0.3) is 0 Å². The zero-order valence-corrected chi connectivity index (χ0v) is 18.9. The van der Waals surface area contributed by atoms with Gasteiger partial charge in [0.1, 0.15) is 6.10 Å². The van der Waals surface area contributed by atoms with Crippen LogP contribution >= 0.6 is 11.6 Å². The maximum atomic E-state index is 13.0. The number of sulfonamides is 1. The summed E-state index contributed by atoms with van der Waals surface area (Å²) in [4.78, 5) is 21.3. The summed E-state index contributed by atoms with van der Waals surface area (Å²) in [6.45, 7) is 3.73. The highest BCUT2D eigenvalue weighted by atomic mass is 35.5. The maximum Gasteiger partial charge on any atom is 0.261 e. The van der Waals surface area contributed by atoms with Crippen molar-refractivity contribution in [1.29, 1.82) is 0 Å². The molecule has 0 saturated carbocycles. The molecule has 0 bridgehead atoms. The van der Waals surface area contributed by atoms with Gasteiger partial charge in [-0.25, -0.2) is 13.4 Å². The van der Waals surface area contributed by atoms with Crippen LogP contribution in [-0.4, -0.2) is 31.1 Å². The van der Waals surface area contributed by atoms with Gasteiger partial charge in [-0.05, 0) is 55.0 Å². The molecule has 1 aliphatic rings. The van der Waals surface area contributed by atoms with Gasteiger partial charge in [-0.15, -0.1) is 0 Å². The number of hydrogen-bond acceptors (Lipinski definition) is 6. The van der Waals surface area contributed by atoms with E-state index in [0.29, 0.717) is 16.5 Å². The average molecular weight is 470 g/mol. The Morgan fingerprint density at radius 1 is 1.06 bits per heavy atom. The monoisotopic (exact) mass is 469 g/mol. The molecule has 0 fully saturated rings. The van der Waals surface area contributed by atoms with E-state index >= 15 is 0 Å². The van der Waals surface area contributed by atoms with Crippen LogP contribution < -0.4 is 4.72 Å². The molecule has 0 amide bonds. The molecule has 1 aromatic heterocycles. The molecule has 0 spiro atoms. The average Bonchev–Trinajstić information content (AvgIpc) is 3.13. The van der Waals surface area contributed by atoms with E-state index in [2.05, 4.69) is 14.7 Å². The number of benzene rings is 2. The first kappa shape index (κ1) is 22.0. The Balaban J connectivity index is 1.61. The molecule has 1 aliphatic heterocycles. The van der Waals surface area contributed by atoms with Crippen molar-refractivity contribution >= 4 is 39.0 Å². The summed E-state index contributed by atoms with van der Waals surface area (Å²) in [6, 6.07) is 13.9. The van der Waals surface area contributed by atoms with Crippen molar-refractivity contribution in [3.63, 3.8) is 0 Å². The fourth-order valence-corrected chi connectivity index (χ4v) is 4.76. The number of nitrogens with one attached hydrogen (secondary N) is 1. The van der Waals surface area contributed by atoms with E-state index in [1.807, 2.05) is 6.92 Å². The van der Waals surface area contributed by atoms with Gasteiger partial charge in [0.2, 0.25) is 0 Å². The molecule has 2 unspecified atom stereocenters. The normalized spacial score (nSPS) is 18.0. The van der Waals surface area contributed by atoms with Gasteiger partial charge in [0.15, 0.2) is 11.7 Å². The highest BCUT2D eigenvalue weighted by Crippen LogP contribution is 2.30. The smallest absolute Gasteiger partial charge is 0.261 e. The minimum Gasteiger partial charge on any atom is -0.471 e. The summed E-state index contributed by atoms with van der Waals surface area (Å²) in [7, 11) is -3.96. The van der Waals surface area contributed by atoms with Gasteiger partial charge in [-0.1, -0.05) is 23.7 Å². The highest BCUT2D eigenvalue weighted by Gasteiger charge is 2.27. The molecular formula is C23H20ClN3O4S.